The maximum Gasteiger partial charge on any atom is 0.573 e. The maximum atomic E-state index is 13.7. The number of benzene rings is 3. The molecule has 1 aliphatic rings. The molecule has 0 spiro atoms. The highest BCUT2D eigenvalue weighted by molar-refractivity contribution is 6.32. The molecule has 0 atom stereocenters. The Labute approximate surface area is 245 Å². The molecule has 3 aromatic carbocycles. The number of carbonyl (C=O) groups excluding carboxylic acids is 3. The first-order valence-electron chi connectivity index (χ1n) is 13.6. The summed E-state index contributed by atoms with van der Waals surface area (Å²) in [6, 6.07) is 17.3. The highest BCUT2D eigenvalue weighted by Gasteiger charge is 2.31. The van der Waals surface area contributed by atoms with Crippen LogP contribution in [0.15, 0.2) is 84.9 Å². The third-order valence-corrected chi connectivity index (χ3v) is 6.78. The van der Waals surface area contributed by atoms with E-state index in [1.54, 1.807) is 12.1 Å². The lowest BCUT2D eigenvalue weighted by molar-refractivity contribution is -0.274. The summed E-state index contributed by atoms with van der Waals surface area (Å²) in [5.74, 6) is -3.15. The minimum atomic E-state index is -4.88. The van der Waals surface area contributed by atoms with Gasteiger partial charge in [0.1, 0.15) is 5.75 Å². The summed E-state index contributed by atoms with van der Waals surface area (Å²) >= 11 is 0. The van der Waals surface area contributed by atoms with Gasteiger partial charge in [0.25, 0.3) is 5.91 Å². The molecule has 1 aliphatic carbocycles. The number of carbonyl (C=O) groups is 4. The summed E-state index contributed by atoms with van der Waals surface area (Å²) in [6.45, 7) is -0.0555. The van der Waals surface area contributed by atoms with Crippen LogP contribution >= 0.6 is 0 Å². The molecule has 3 aromatic rings. The van der Waals surface area contributed by atoms with Gasteiger partial charge in [-0.1, -0.05) is 42.5 Å². The number of Topliss-reactive ketones (excluding diaryl/α,β-unsaturated/α-hetero) is 1. The third-order valence-electron chi connectivity index (χ3n) is 6.78. The van der Waals surface area contributed by atoms with Gasteiger partial charge < -0.3 is 15.2 Å². The van der Waals surface area contributed by atoms with Crippen LogP contribution in [0.25, 0.3) is 11.1 Å². The minimum Gasteiger partial charge on any atom is -0.481 e. The molecule has 4 rings (SSSR count). The summed E-state index contributed by atoms with van der Waals surface area (Å²) in [5.41, 5.74) is 3.21. The Morgan fingerprint density at radius 3 is 2.00 bits per heavy atom. The van der Waals surface area contributed by atoms with Gasteiger partial charge in [0, 0.05) is 28.8 Å². The molecule has 0 heterocycles. The van der Waals surface area contributed by atoms with Crippen molar-refractivity contribution in [3.8, 4) is 5.75 Å². The number of amides is 1. The predicted molar refractivity (Wildman–Crippen MR) is 154 cm³/mol. The molecule has 0 saturated carbocycles. The molecule has 0 radical (unpaired) electrons. The molecule has 7 nitrogen and oxygen atoms in total. The second kappa shape index (κ2) is 13.8. The van der Waals surface area contributed by atoms with Crippen molar-refractivity contribution >= 4 is 34.6 Å². The molecule has 0 aromatic heterocycles. The number of rotatable bonds is 11. The first-order chi connectivity index (χ1) is 20.5. The fourth-order valence-electron chi connectivity index (χ4n) is 4.59. The van der Waals surface area contributed by atoms with Crippen molar-refractivity contribution in [2.45, 2.75) is 38.5 Å². The van der Waals surface area contributed by atoms with Gasteiger partial charge in [0.05, 0.1) is 6.42 Å². The fourth-order valence-corrected chi connectivity index (χ4v) is 4.59. The Balaban J connectivity index is 1.62. The number of aliphatic carboxylic acids is 1. The van der Waals surface area contributed by atoms with Crippen LogP contribution in [-0.2, 0) is 4.79 Å². The normalized spacial score (nSPS) is 13.6. The zero-order chi connectivity index (χ0) is 31.0. The van der Waals surface area contributed by atoms with Gasteiger partial charge in [-0.15, -0.1) is 13.2 Å². The molecular weight excluding hydrogens is 563 g/mol. The minimum absolute atomic E-state index is 0.0529. The Morgan fingerprint density at radius 2 is 1.42 bits per heavy atom. The molecule has 10 heteroatoms. The number of carboxylic acid groups (broad SMARTS) is 1. The van der Waals surface area contributed by atoms with Gasteiger partial charge in [0.2, 0.25) is 0 Å². The molecule has 0 unspecified atom stereocenters. The molecule has 1 amide bonds. The fraction of sp³-hybridized carbons (Fsp3) is 0.212. The van der Waals surface area contributed by atoms with E-state index < -0.39 is 35.6 Å². The zero-order valence-electron chi connectivity index (χ0n) is 22.9. The summed E-state index contributed by atoms with van der Waals surface area (Å²) < 4.78 is 41.4. The van der Waals surface area contributed by atoms with E-state index in [0.29, 0.717) is 5.56 Å². The first-order valence-corrected chi connectivity index (χ1v) is 13.6. The van der Waals surface area contributed by atoms with E-state index in [1.807, 2.05) is 12.1 Å². The van der Waals surface area contributed by atoms with Crippen molar-refractivity contribution in [2.24, 2.45) is 0 Å². The molecule has 2 N–H and O–H groups in total. The number of halogens is 3. The average molecular weight is 592 g/mol. The predicted octanol–water partition coefficient (Wildman–Crippen LogP) is 6.90. The highest BCUT2D eigenvalue weighted by atomic mass is 19.4. The van der Waals surface area contributed by atoms with Crippen LogP contribution < -0.4 is 10.1 Å². The standard InChI is InChI=1S/C33H28F3NO6/c34-33(35,36)43-27-16-14-24(15-17-27)29(38)20-28(23-8-6-22(7-9-23)21-4-2-1-3-5-21)31(41)25-10-12-26(13-11-25)32(42)37-19-18-30(39)40/h4,6-17,20H,1-3,5,18-19H2,(H,37,42)(H,39,40). The molecule has 0 saturated heterocycles. The van der Waals surface area contributed by atoms with Crippen LogP contribution in [0.4, 0.5) is 13.2 Å². The second-order valence-corrected chi connectivity index (χ2v) is 9.85. The molecule has 43 heavy (non-hydrogen) atoms. The lowest BCUT2D eigenvalue weighted by atomic mass is 9.90. The molecule has 0 aliphatic heterocycles. The summed E-state index contributed by atoms with van der Waals surface area (Å²) in [4.78, 5) is 49.9. The van der Waals surface area contributed by atoms with Crippen molar-refractivity contribution in [3.63, 3.8) is 0 Å². The number of carboxylic acids is 1. The molecule has 0 fully saturated rings. The molecule has 222 valence electrons. The highest BCUT2D eigenvalue weighted by Crippen LogP contribution is 2.29. The Bertz CT molecular complexity index is 1550. The van der Waals surface area contributed by atoms with E-state index in [-0.39, 0.29) is 35.2 Å². The van der Waals surface area contributed by atoms with Crippen molar-refractivity contribution in [1.29, 1.82) is 0 Å². The molecule has 0 bridgehead atoms. The van der Waals surface area contributed by atoms with Gasteiger partial charge in [-0.3, -0.25) is 19.2 Å². The first kappa shape index (κ1) is 31.0. The third kappa shape index (κ3) is 8.75. The van der Waals surface area contributed by atoms with Gasteiger partial charge in [0.15, 0.2) is 11.6 Å². The SMILES string of the molecule is O=C(O)CCNC(=O)c1ccc(C(=O)C(=CC(=O)c2ccc(OC(F)(F)F)cc2)c2ccc(C3=CCCCC3)cc2)cc1. The van der Waals surface area contributed by atoms with E-state index >= 15 is 0 Å². The summed E-state index contributed by atoms with van der Waals surface area (Å²) in [7, 11) is 0. The number of ether oxygens (including phenoxy) is 1. The lowest BCUT2D eigenvalue weighted by Gasteiger charge is -2.14. The quantitative estimate of drug-likeness (QED) is 0.186. The number of ketones is 2. The van der Waals surface area contributed by atoms with Gasteiger partial charge in [-0.05, 0) is 84.9 Å². The Morgan fingerprint density at radius 1 is 0.814 bits per heavy atom. The number of hydrogen-bond donors (Lipinski definition) is 2. The van der Waals surface area contributed by atoms with E-state index in [9.17, 15) is 32.3 Å². The van der Waals surface area contributed by atoms with Crippen LogP contribution in [0.5, 0.6) is 5.75 Å². The number of allylic oxidation sites excluding steroid dienone is 4. The van der Waals surface area contributed by atoms with E-state index in [4.69, 9.17) is 5.11 Å². The Kier molecular flexibility index (Phi) is 9.92. The van der Waals surface area contributed by atoms with E-state index in [0.717, 1.165) is 49.5 Å². The van der Waals surface area contributed by atoms with Crippen LogP contribution in [-0.4, -0.2) is 41.5 Å². The van der Waals surface area contributed by atoms with Gasteiger partial charge >= 0.3 is 12.3 Å². The van der Waals surface area contributed by atoms with Crippen molar-refractivity contribution in [1.82, 2.24) is 5.32 Å². The zero-order valence-corrected chi connectivity index (χ0v) is 22.9. The second-order valence-electron chi connectivity index (χ2n) is 9.85. The summed E-state index contributed by atoms with van der Waals surface area (Å²) in [6.07, 6.45) is 2.39. The van der Waals surface area contributed by atoms with Gasteiger partial charge in [-0.25, -0.2) is 0 Å². The largest absolute Gasteiger partial charge is 0.573 e. The Hall–Kier alpha value is -4.99. The van der Waals surface area contributed by atoms with Crippen LogP contribution in [0.1, 0.15) is 74.3 Å². The topological polar surface area (TPSA) is 110 Å². The number of nitrogens with one attached hydrogen (secondary N) is 1. The number of alkyl halides is 3. The average Bonchev–Trinajstić information content (AvgIpc) is 2.99. The van der Waals surface area contributed by atoms with Crippen LogP contribution in [0.3, 0.4) is 0 Å². The van der Waals surface area contributed by atoms with Crippen LogP contribution in [0.2, 0.25) is 0 Å². The van der Waals surface area contributed by atoms with E-state index in [1.165, 1.54) is 42.0 Å². The smallest absolute Gasteiger partial charge is 0.481 e. The lowest BCUT2D eigenvalue weighted by Crippen LogP contribution is -2.26. The van der Waals surface area contributed by atoms with Crippen molar-refractivity contribution in [2.75, 3.05) is 6.54 Å². The summed E-state index contributed by atoms with van der Waals surface area (Å²) in [5, 5.41) is 11.2. The number of hydrogen-bond acceptors (Lipinski definition) is 5. The van der Waals surface area contributed by atoms with Crippen LogP contribution in [0, 0.1) is 0 Å². The van der Waals surface area contributed by atoms with Crippen molar-refractivity contribution in [3.05, 3.63) is 113 Å². The molecular formula is C33H28F3NO6. The maximum absolute atomic E-state index is 13.7. The van der Waals surface area contributed by atoms with Crippen molar-refractivity contribution < 1.29 is 42.2 Å². The van der Waals surface area contributed by atoms with E-state index in [2.05, 4.69) is 16.1 Å². The van der Waals surface area contributed by atoms with Gasteiger partial charge in [-0.2, -0.15) is 0 Å². The monoisotopic (exact) mass is 591 g/mol.